The van der Waals surface area contributed by atoms with Gasteiger partial charge in [-0.15, -0.1) is 0 Å². The monoisotopic (exact) mass is 459 g/mol. The number of hydrogen-bond acceptors (Lipinski definition) is 5. The number of nitrogens with one attached hydrogen (secondary N) is 1. The molecule has 2 aromatic carbocycles. The molecule has 32 heavy (non-hydrogen) atoms. The fraction of sp³-hybridized carbons (Fsp3) is 0.391. The van der Waals surface area contributed by atoms with Crippen LogP contribution in [0.4, 0.5) is 0 Å². The Morgan fingerprint density at radius 2 is 1.69 bits per heavy atom. The first-order chi connectivity index (χ1) is 15.3. The quantitative estimate of drug-likeness (QED) is 0.651. The van der Waals surface area contributed by atoms with E-state index in [4.69, 9.17) is 4.74 Å². The third-order valence-corrected chi connectivity index (χ3v) is 7.41. The molecule has 0 aromatic heterocycles. The number of methoxy groups -OCH3 is 1. The fourth-order valence-electron chi connectivity index (χ4n) is 3.56. The molecule has 0 spiro atoms. The van der Waals surface area contributed by atoms with Gasteiger partial charge in [-0.1, -0.05) is 30.3 Å². The zero-order valence-electron chi connectivity index (χ0n) is 18.4. The first-order valence-corrected chi connectivity index (χ1v) is 12.0. The van der Waals surface area contributed by atoms with E-state index in [1.54, 1.807) is 42.3 Å². The van der Waals surface area contributed by atoms with Crippen molar-refractivity contribution in [2.24, 2.45) is 0 Å². The number of hydrogen-bond donors (Lipinski definition) is 1. The van der Waals surface area contributed by atoms with E-state index < -0.39 is 10.0 Å². The number of aryl methyl sites for hydroxylation is 1. The number of nitrogens with zero attached hydrogens (tertiary/aromatic N) is 2. The number of piperazine rings is 1. The third kappa shape index (κ3) is 5.86. The summed E-state index contributed by atoms with van der Waals surface area (Å²) in [4.78, 5) is 26.5. The lowest BCUT2D eigenvalue weighted by Crippen LogP contribution is -2.50. The maximum absolute atomic E-state index is 12.7. The molecule has 1 aliphatic rings. The molecule has 0 atom stereocenters. The van der Waals surface area contributed by atoms with E-state index >= 15 is 0 Å². The molecule has 1 saturated heterocycles. The zero-order valence-corrected chi connectivity index (χ0v) is 19.2. The maximum atomic E-state index is 12.7. The van der Waals surface area contributed by atoms with E-state index in [0.717, 1.165) is 16.9 Å². The van der Waals surface area contributed by atoms with Crippen LogP contribution in [0.5, 0.6) is 5.75 Å². The SMILES string of the molecule is COc1cc(CNC(=O)CCC(=O)N2CCN(S(=O)(=O)c3ccccc3)CC2)ccc1C. The van der Waals surface area contributed by atoms with E-state index in [0.29, 0.717) is 19.6 Å². The van der Waals surface area contributed by atoms with E-state index in [2.05, 4.69) is 5.32 Å². The molecule has 0 saturated carbocycles. The van der Waals surface area contributed by atoms with Gasteiger partial charge in [0.25, 0.3) is 0 Å². The van der Waals surface area contributed by atoms with Crippen molar-refractivity contribution in [3.8, 4) is 5.75 Å². The van der Waals surface area contributed by atoms with Crippen molar-refractivity contribution in [3.63, 3.8) is 0 Å². The molecular formula is C23H29N3O5S. The first kappa shape index (κ1) is 23.7. The minimum Gasteiger partial charge on any atom is -0.496 e. The lowest BCUT2D eigenvalue weighted by molar-refractivity contribution is -0.134. The second-order valence-corrected chi connectivity index (χ2v) is 9.62. The normalized spacial score (nSPS) is 14.8. The number of benzene rings is 2. The molecule has 1 N–H and O–H groups in total. The van der Waals surface area contributed by atoms with Gasteiger partial charge in [-0.05, 0) is 36.2 Å². The van der Waals surface area contributed by atoms with Crippen LogP contribution in [-0.4, -0.2) is 62.7 Å². The van der Waals surface area contributed by atoms with Crippen LogP contribution >= 0.6 is 0 Å². The highest BCUT2D eigenvalue weighted by Crippen LogP contribution is 2.19. The third-order valence-electron chi connectivity index (χ3n) is 5.50. The Hall–Kier alpha value is -2.91. The van der Waals surface area contributed by atoms with Crippen LogP contribution in [0.3, 0.4) is 0 Å². The lowest BCUT2D eigenvalue weighted by atomic mass is 10.1. The van der Waals surface area contributed by atoms with Crippen molar-refractivity contribution in [2.75, 3.05) is 33.3 Å². The molecule has 2 amide bonds. The Labute approximate surface area is 189 Å². The fourth-order valence-corrected chi connectivity index (χ4v) is 5.00. The molecule has 9 heteroatoms. The average Bonchev–Trinajstić information content (AvgIpc) is 2.82. The molecule has 0 unspecified atom stereocenters. The van der Waals surface area contributed by atoms with Gasteiger partial charge in [0.1, 0.15) is 5.75 Å². The van der Waals surface area contributed by atoms with Crippen molar-refractivity contribution in [1.82, 2.24) is 14.5 Å². The van der Waals surface area contributed by atoms with Gasteiger partial charge in [0.15, 0.2) is 0 Å². The van der Waals surface area contributed by atoms with Gasteiger partial charge in [0.2, 0.25) is 21.8 Å². The number of carbonyl (C=O) groups excluding carboxylic acids is 2. The Kier molecular flexibility index (Phi) is 7.87. The summed E-state index contributed by atoms with van der Waals surface area (Å²) in [5.74, 6) is 0.414. The Morgan fingerprint density at radius 3 is 2.34 bits per heavy atom. The summed E-state index contributed by atoms with van der Waals surface area (Å²) in [5.41, 5.74) is 1.94. The van der Waals surface area contributed by atoms with Crippen molar-refractivity contribution >= 4 is 21.8 Å². The maximum Gasteiger partial charge on any atom is 0.243 e. The predicted molar refractivity (Wildman–Crippen MR) is 121 cm³/mol. The van der Waals surface area contributed by atoms with Crippen LogP contribution in [0.2, 0.25) is 0 Å². The number of carbonyl (C=O) groups is 2. The van der Waals surface area contributed by atoms with Crippen LogP contribution < -0.4 is 10.1 Å². The van der Waals surface area contributed by atoms with E-state index in [9.17, 15) is 18.0 Å². The Balaban J connectivity index is 1.42. The van der Waals surface area contributed by atoms with Crippen molar-refractivity contribution in [3.05, 3.63) is 59.7 Å². The molecule has 1 aliphatic heterocycles. The van der Waals surface area contributed by atoms with Crippen LogP contribution in [-0.2, 0) is 26.2 Å². The van der Waals surface area contributed by atoms with Crippen LogP contribution in [0.15, 0.2) is 53.4 Å². The summed E-state index contributed by atoms with van der Waals surface area (Å²) >= 11 is 0. The summed E-state index contributed by atoms with van der Waals surface area (Å²) in [7, 11) is -1.95. The Bertz CT molecular complexity index is 1050. The lowest BCUT2D eigenvalue weighted by Gasteiger charge is -2.34. The molecule has 8 nitrogen and oxygen atoms in total. The molecule has 2 aromatic rings. The highest BCUT2D eigenvalue weighted by Gasteiger charge is 2.29. The van der Waals surface area contributed by atoms with Gasteiger partial charge in [0.05, 0.1) is 12.0 Å². The summed E-state index contributed by atoms with van der Waals surface area (Å²) in [5, 5.41) is 2.82. The first-order valence-electron chi connectivity index (χ1n) is 10.5. The predicted octanol–water partition coefficient (Wildman–Crippen LogP) is 1.93. The molecule has 0 radical (unpaired) electrons. The average molecular weight is 460 g/mol. The van der Waals surface area contributed by atoms with Gasteiger partial charge >= 0.3 is 0 Å². The molecular weight excluding hydrogens is 430 g/mol. The van der Waals surface area contributed by atoms with Gasteiger partial charge in [-0.3, -0.25) is 9.59 Å². The highest BCUT2D eigenvalue weighted by molar-refractivity contribution is 7.89. The van der Waals surface area contributed by atoms with E-state index in [1.807, 2.05) is 25.1 Å². The minimum atomic E-state index is -3.56. The standard InChI is InChI=1S/C23H29N3O5S/c1-18-8-9-19(16-21(18)31-2)17-24-22(27)10-11-23(28)25-12-14-26(15-13-25)32(29,30)20-6-4-3-5-7-20/h3-9,16H,10-15,17H2,1-2H3,(H,24,27). The van der Waals surface area contributed by atoms with Crippen LogP contribution in [0.1, 0.15) is 24.0 Å². The second-order valence-electron chi connectivity index (χ2n) is 7.68. The molecule has 172 valence electrons. The highest BCUT2D eigenvalue weighted by atomic mass is 32.2. The van der Waals surface area contributed by atoms with E-state index in [-0.39, 0.29) is 42.6 Å². The number of amides is 2. The smallest absolute Gasteiger partial charge is 0.243 e. The van der Waals surface area contributed by atoms with Crippen LogP contribution in [0.25, 0.3) is 0 Å². The topological polar surface area (TPSA) is 96.0 Å². The Morgan fingerprint density at radius 1 is 1.00 bits per heavy atom. The van der Waals surface area contributed by atoms with Crippen molar-refractivity contribution < 1.29 is 22.7 Å². The van der Waals surface area contributed by atoms with Gasteiger partial charge in [0, 0.05) is 45.6 Å². The van der Waals surface area contributed by atoms with Gasteiger partial charge in [-0.2, -0.15) is 4.31 Å². The number of sulfonamides is 1. The summed E-state index contributed by atoms with van der Waals surface area (Å²) in [6.45, 7) is 3.42. The zero-order chi connectivity index (χ0) is 23.1. The molecule has 0 bridgehead atoms. The summed E-state index contributed by atoms with van der Waals surface area (Å²) in [6.07, 6.45) is 0.179. The van der Waals surface area contributed by atoms with Crippen molar-refractivity contribution in [1.29, 1.82) is 0 Å². The molecule has 1 fully saturated rings. The molecule has 1 heterocycles. The largest absolute Gasteiger partial charge is 0.496 e. The molecule has 3 rings (SSSR count). The minimum absolute atomic E-state index is 0.0877. The number of ether oxygens (including phenoxy) is 1. The molecule has 0 aliphatic carbocycles. The van der Waals surface area contributed by atoms with Gasteiger partial charge in [-0.25, -0.2) is 8.42 Å². The second kappa shape index (κ2) is 10.6. The summed E-state index contributed by atoms with van der Waals surface area (Å²) < 4.78 is 32.1. The summed E-state index contributed by atoms with van der Waals surface area (Å²) in [6, 6.07) is 14.0. The van der Waals surface area contributed by atoms with Gasteiger partial charge < -0.3 is 15.0 Å². The van der Waals surface area contributed by atoms with Crippen molar-refractivity contribution in [2.45, 2.75) is 31.2 Å². The van der Waals surface area contributed by atoms with Crippen LogP contribution in [0, 0.1) is 6.92 Å². The van der Waals surface area contributed by atoms with E-state index in [1.165, 1.54) is 4.31 Å². The number of rotatable bonds is 8.